The lowest BCUT2D eigenvalue weighted by molar-refractivity contribution is -0.120. The number of ether oxygens (including phenoxy) is 3. The number of amides is 1. The van der Waals surface area contributed by atoms with E-state index in [1.54, 1.807) is 17.0 Å². The molecule has 2 rings (SSSR count). The maximum Gasteiger partial charge on any atom is 0.257 e. The van der Waals surface area contributed by atoms with E-state index < -0.39 is 0 Å². The van der Waals surface area contributed by atoms with E-state index in [4.69, 9.17) is 14.2 Å². The number of carbonyl (C=O) groups excluding carboxylic acids is 2. The number of rotatable bonds is 4. The van der Waals surface area contributed by atoms with Gasteiger partial charge in [-0.25, -0.2) is 0 Å². The number of carbonyl (C=O) groups is 2. The molecule has 6 nitrogen and oxygen atoms in total. The molecule has 0 N–H and O–H groups in total. The van der Waals surface area contributed by atoms with Gasteiger partial charge in [0, 0.05) is 38.1 Å². The Balaban J connectivity index is 2.33. The second-order valence-corrected chi connectivity index (χ2v) is 4.74. The van der Waals surface area contributed by atoms with Crippen LogP contribution in [0.5, 0.6) is 17.2 Å². The molecule has 0 unspecified atom stereocenters. The Labute approximate surface area is 123 Å². The van der Waals surface area contributed by atoms with Crippen LogP contribution in [0.4, 0.5) is 0 Å². The van der Waals surface area contributed by atoms with E-state index in [9.17, 15) is 9.59 Å². The van der Waals surface area contributed by atoms with Crippen molar-refractivity contribution in [2.75, 3.05) is 34.4 Å². The number of benzene rings is 1. The zero-order valence-electron chi connectivity index (χ0n) is 12.5. The van der Waals surface area contributed by atoms with Crippen molar-refractivity contribution in [3.8, 4) is 17.2 Å². The number of hydrogen-bond donors (Lipinski definition) is 0. The topological polar surface area (TPSA) is 65.1 Å². The van der Waals surface area contributed by atoms with Crippen molar-refractivity contribution in [2.24, 2.45) is 0 Å². The fourth-order valence-electron chi connectivity index (χ4n) is 2.33. The molecular weight excluding hydrogens is 274 g/mol. The molecule has 0 bridgehead atoms. The predicted octanol–water partition coefficient (Wildman–Crippen LogP) is 1.52. The number of ketones is 1. The van der Waals surface area contributed by atoms with Gasteiger partial charge in [-0.05, 0) is 0 Å². The van der Waals surface area contributed by atoms with E-state index >= 15 is 0 Å². The molecule has 1 aliphatic heterocycles. The van der Waals surface area contributed by atoms with Gasteiger partial charge in [-0.2, -0.15) is 0 Å². The van der Waals surface area contributed by atoms with Crippen LogP contribution in [0.15, 0.2) is 12.1 Å². The van der Waals surface area contributed by atoms with Crippen LogP contribution in [0.2, 0.25) is 0 Å². The van der Waals surface area contributed by atoms with Crippen molar-refractivity contribution in [2.45, 2.75) is 12.8 Å². The molecule has 1 heterocycles. The molecule has 1 saturated heterocycles. The lowest BCUT2D eigenvalue weighted by Gasteiger charge is -2.27. The third-order valence-electron chi connectivity index (χ3n) is 3.54. The molecule has 0 aliphatic carbocycles. The van der Waals surface area contributed by atoms with Crippen molar-refractivity contribution >= 4 is 11.7 Å². The van der Waals surface area contributed by atoms with Crippen LogP contribution in [0, 0.1) is 0 Å². The Morgan fingerprint density at radius 2 is 1.48 bits per heavy atom. The molecule has 1 aromatic rings. The lowest BCUT2D eigenvalue weighted by atomic mass is 10.1. The number of methoxy groups -OCH3 is 3. The van der Waals surface area contributed by atoms with Crippen LogP contribution < -0.4 is 14.2 Å². The van der Waals surface area contributed by atoms with Crippen LogP contribution in [0.1, 0.15) is 23.2 Å². The molecule has 0 saturated carbocycles. The first-order valence-electron chi connectivity index (χ1n) is 6.71. The molecule has 0 spiro atoms. The minimum absolute atomic E-state index is 0.166. The van der Waals surface area contributed by atoms with Gasteiger partial charge in [0.25, 0.3) is 5.91 Å². The number of Topliss-reactive ketones (excluding diaryl/α,β-unsaturated/α-hetero) is 1. The van der Waals surface area contributed by atoms with Crippen LogP contribution in [-0.2, 0) is 4.79 Å². The molecular formula is C15H19NO5. The monoisotopic (exact) mass is 293 g/mol. The maximum atomic E-state index is 12.6. The summed E-state index contributed by atoms with van der Waals surface area (Å²) in [6.45, 7) is 0.879. The molecule has 1 fully saturated rings. The molecule has 21 heavy (non-hydrogen) atoms. The van der Waals surface area contributed by atoms with Crippen molar-refractivity contribution in [3.05, 3.63) is 17.7 Å². The highest BCUT2D eigenvalue weighted by atomic mass is 16.5. The minimum atomic E-state index is -0.166. The van der Waals surface area contributed by atoms with Gasteiger partial charge in [-0.3, -0.25) is 9.59 Å². The van der Waals surface area contributed by atoms with E-state index in [0.717, 1.165) is 0 Å². The Bertz CT molecular complexity index is 545. The summed E-state index contributed by atoms with van der Waals surface area (Å²) in [6, 6.07) is 3.23. The molecule has 1 amide bonds. The van der Waals surface area contributed by atoms with Crippen molar-refractivity contribution in [1.29, 1.82) is 0 Å². The minimum Gasteiger partial charge on any atom is -0.496 e. The fraction of sp³-hybridized carbons (Fsp3) is 0.467. The Morgan fingerprint density at radius 1 is 0.952 bits per heavy atom. The van der Waals surface area contributed by atoms with Gasteiger partial charge in [0.15, 0.2) is 11.5 Å². The summed E-state index contributed by atoms with van der Waals surface area (Å²) in [7, 11) is 4.53. The second kappa shape index (κ2) is 6.47. The first-order valence-corrected chi connectivity index (χ1v) is 6.71. The number of hydrogen-bond acceptors (Lipinski definition) is 5. The Kier molecular flexibility index (Phi) is 4.67. The van der Waals surface area contributed by atoms with Gasteiger partial charge in [0.05, 0.1) is 26.9 Å². The lowest BCUT2D eigenvalue weighted by Crippen LogP contribution is -2.38. The quantitative estimate of drug-likeness (QED) is 0.842. The average molecular weight is 293 g/mol. The third-order valence-corrected chi connectivity index (χ3v) is 3.54. The summed E-state index contributed by atoms with van der Waals surface area (Å²) >= 11 is 0. The van der Waals surface area contributed by atoms with Gasteiger partial charge >= 0.3 is 0 Å². The predicted molar refractivity (Wildman–Crippen MR) is 76.2 cm³/mol. The molecule has 1 aromatic carbocycles. The van der Waals surface area contributed by atoms with Crippen LogP contribution >= 0.6 is 0 Å². The maximum absolute atomic E-state index is 12.6. The summed E-state index contributed by atoms with van der Waals surface area (Å²) in [6.07, 6.45) is 0.808. The summed E-state index contributed by atoms with van der Waals surface area (Å²) in [5, 5.41) is 0. The summed E-state index contributed by atoms with van der Waals surface area (Å²) in [4.78, 5) is 25.5. The van der Waals surface area contributed by atoms with E-state index in [2.05, 4.69) is 0 Å². The van der Waals surface area contributed by atoms with Gasteiger partial charge in [-0.15, -0.1) is 0 Å². The molecule has 0 aromatic heterocycles. The van der Waals surface area contributed by atoms with E-state index in [-0.39, 0.29) is 11.7 Å². The average Bonchev–Trinajstić information content (AvgIpc) is 2.53. The van der Waals surface area contributed by atoms with E-state index in [0.29, 0.717) is 48.7 Å². The van der Waals surface area contributed by atoms with Crippen molar-refractivity contribution < 1.29 is 23.8 Å². The van der Waals surface area contributed by atoms with Crippen molar-refractivity contribution in [1.82, 2.24) is 4.90 Å². The Morgan fingerprint density at radius 3 is 2.00 bits per heavy atom. The largest absolute Gasteiger partial charge is 0.496 e. The standard InChI is InChI=1S/C15H19NO5/c1-19-12-9-14(21-3)13(20-2)8-11(12)15(18)16-6-4-10(17)5-7-16/h8-9H,4-7H2,1-3H3. The normalized spacial score (nSPS) is 14.8. The zero-order chi connectivity index (χ0) is 15.4. The van der Waals surface area contributed by atoms with Crippen molar-refractivity contribution in [3.63, 3.8) is 0 Å². The third kappa shape index (κ3) is 3.09. The van der Waals surface area contributed by atoms with Gasteiger partial charge < -0.3 is 19.1 Å². The molecule has 0 radical (unpaired) electrons. The zero-order valence-corrected chi connectivity index (χ0v) is 12.5. The summed E-state index contributed by atoms with van der Waals surface area (Å²) in [5.74, 6) is 1.42. The highest BCUT2D eigenvalue weighted by Crippen LogP contribution is 2.35. The van der Waals surface area contributed by atoms with E-state index in [1.165, 1.54) is 21.3 Å². The molecule has 1 aliphatic rings. The number of likely N-dealkylation sites (tertiary alicyclic amines) is 1. The first kappa shape index (κ1) is 15.2. The van der Waals surface area contributed by atoms with E-state index in [1.807, 2.05) is 0 Å². The summed E-state index contributed by atoms with van der Waals surface area (Å²) in [5.41, 5.74) is 0.407. The van der Waals surface area contributed by atoms with Crippen LogP contribution in [0.25, 0.3) is 0 Å². The van der Waals surface area contributed by atoms with Gasteiger partial charge in [0.2, 0.25) is 0 Å². The summed E-state index contributed by atoms with van der Waals surface area (Å²) < 4.78 is 15.7. The number of nitrogens with zero attached hydrogens (tertiary/aromatic N) is 1. The SMILES string of the molecule is COc1cc(OC)c(C(=O)N2CCC(=O)CC2)cc1OC. The Hall–Kier alpha value is -2.24. The van der Waals surface area contributed by atoms with Crippen LogP contribution in [-0.4, -0.2) is 51.0 Å². The molecule has 114 valence electrons. The fourth-order valence-corrected chi connectivity index (χ4v) is 2.33. The highest BCUT2D eigenvalue weighted by Gasteiger charge is 2.25. The van der Waals surface area contributed by atoms with Crippen LogP contribution in [0.3, 0.4) is 0 Å². The highest BCUT2D eigenvalue weighted by molar-refractivity contribution is 5.98. The number of piperidine rings is 1. The molecule has 0 atom stereocenters. The smallest absolute Gasteiger partial charge is 0.257 e. The van der Waals surface area contributed by atoms with Gasteiger partial charge in [-0.1, -0.05) is 0 Å². The van der Waals surface area contributed by atoms with Gasteiger partial charge in [0.1, 0.15) is 11.5 Å². The second-order valence-electron chi connectivity index (χ2n) is 4.74. The molecule has 6 heteroatoms. The first-order chi connectivity index (χ1) is 10.1.